The van der Waals surface area contributed by atoms with Crippen LogP contribution in [0.2, 0.25) is 10.0 Å². The normalized spacial score (nSPS) is 32.6. The third-order valence-electron chi connectivity index (χ3n) is 5.32. The molecule has 0 radical (unpaired) electrons. The topological polar surface area (TPSA) is 12.5 Å². The van der Waals surface area contributed by atoms with E-state index in [2.05, 4.69) is 31.0 Å². The summed E-state index contributed by atoms with van der Waals surface area (Å²) in [4.78, 5) is 2.57. The molecule has 0 saturated carbocycles. The largest absolute Gasteiger partial charge is 0.381 e. The van der Waals surface area contributed by atoms with Gasteiger partial charge in [-0.15, -0.1) is 0 Å². The van der Waals surface area contributed by atoms with Crippen molar-refractivity contribution in [3.8, 4) is 0 Å². The maximum absolute atomic E-state index is 6.23. The summed E-state index contributed by atoms with van der Waals surface area (Å²) in [5.41, 5.74) is 1.32. The third-order valence-corrected chi connectivity index (χ3v) is 6.06. The highest BCUT2D eigenvalue weighted by atomic mass is 35.5. The summed E-state index contributed by atoms with van der Waals surface area (Å²) in [6.45, 7) is 3.69. The van der Waals surface area contributed by atoms with Crippen LogP contribution in [0.3, 0.4) is 0 Å². The van der Waals surface area contributed by atoms with Gasteiger partial charge in [-0.2, -0.15) is 0 Å². The summed E-state index contributed by atoms with van der Waals surface area (Å²) < 4.78 is 5.79. The van der Waals surface area contributed by atoms with Gasteiger partial charge in [0.1, 0.15) is 0 Å². The first kappa shape index (κ1) is 15.6. The van der Waals surface area contributed by atoms with E-state index in [0.717, 1.165) is 13.2 Å². The fraction of sp³-hybridized carbons (Fsp3) is 0.647. The summed E-state index contributed by atoms with van der Waals surface area (Å²) in [5.74, 6) is 1.07. The van der Waals surface area contributed by atoms with Crippen LogP contribution in [0.15, 0.2) is 18.2 Å². The Morgan fingerprint density at radius 3 is 2.76 bits per heavy atom. The molecule has 2 saturated heterocycles. The smallest absolute Gasteiger partial charge is 0.0595 e. The van der Waals surface area contributed by atoms with Gasteiger partial charge in [0.05, 0.1) is 16.7 Å². The summed E-state index contributed by atoms with van der Waals surface area (Å²) in [5, 5.41) is 1.30. The van der Waals surface area contributed by atoms with Crippen molar-refractivity contribution < 1.29 is 4.74 Å². The lowest BCUT2D eigenvalue weighted by atomic mass is 9.76. The van der Waals surface area contributed by atoms with Crippen LogP contribution < -0.4 is 0 Å². The zero-order valence-electron chi connectivity index (χ0n) is 12.7. The van der Waals surface area contributed by atoms with Crippen molar-refractivity contribution >= 4 is 23.2 Å². The fourth-order valence-corrected chi connectivity index (χ4v) is 4.49. The van der Waals surface area contributed by atoms with Crippen molar-refractivity contribution in [2.45, 2.75) is 44.2 Å². The van der Waals surface area contributed by atoms with E-state index < -0.39 is 0 Å². The molecule has 4 heteroatoms. The minimum absolute atomic E-state index is 0.528. The van der Waals surface area contributed by atoms with Crippen molar-refractivity contribution in [2.24, 2.45) is 5.92 Å². The van der Waals surface area contributed by atoms with E-state index in [1.807, 2.05) is 6.07 Å². The number of halogens is 2. The van der Waals surface area contributed by atoms with Gasteiger partial charge in [-0.1, -0.05) is 29.3 Å². The standard InChI is InChI=1S/C17H23Cl2NO/c1-3-21-10-14-13(9-12-5-7-17(14)20(12)2)11-4-6-15(18)16(19)8-11/h4,6,8,12-14,17H,3,5,7,9-10H2,1-2H3/t12?,13-,14?,17?/m1/s1. The van der Waals surface area contributed by atoms with Gasteiger partial charge in [-0.25, -0.2) is 0 Å². The minimum atomic E-state index is 0.528. The molecule has 0 amide bonds. The molecule has 3 rings (SSSR count). The molecular formula is C17H23Cl2NO. The van der Waals surface area contributed by atoms with Crippen LogP contribution in [0.25, 0.3) is 0 Å². The Morgan fingerprint density at radius 1 is 1.24 bits per heavy atom. The lowest BCUT2D eigenvalue weighted by Gasteiger charge is -2.43. The highest BCUT2D eigenvalue weighted by Gasteiger charge is 2.45. The molecule has 3 unspecified atom stereocenters. The van der Waals surface area contributed by atoms with Gasteiger partial charge in [-0.05, 0) is 56.8 Å². The fourth-order valence-electron chi connectivity index (χ4n) is 4.18. The molecule has 2 bridgehead atoms. The molecule has 116 valence electrons. The summed E-state index contributed by atoms with van der Waals surface area (Å²) in [6.07, 6.45) is 3.79. The number of benzene rings is 1. The van der Waals surface area contributed by atoms with Crippen LogP contribution in [-0.4, -0.2) is 37.2 Å². The first-order valence-corrected chi connectivity index (χ1v) is 8.62. The van der Waals surface area contributed by atoms with Crippen LogP contribution in [-0.2, 0) is 4.74 Å². The van der Waals surface area contributed by atoms with Gasteiger partial charge in [0.25, 0.3) is 0 Å². The summed E-state index contributed by atoms with van der Waals surface area (Å²) >= 11 is 12.3. The zero-order chi connectivity index (χ0) is 15.0. The lowest BCUT2D eigenvalue weighted by molar-refractivity contribution is 0.0253. The van der Waals surface area contributed by atoms with Crippen molar-refractivity contribution in [1.29, 1.82) is 0 Å². The van der Waals surface area contributed by atoms with Crippen molar-refractivity contribution in [2.75, 3.05) is 20.3 Å². The lowest BCUT2D eigenvalue weighted by Crippen LogP contribution is -2.47. The van der Waals surface area contributed by atoms with Gasteiger partial charge in [0, 0.05) is 24.6 Å². The van der Waals surface area contributed by atoms with E-state index in [1.54, 1.807) is 0 Å². The molecule has 0 aromatic heterocycles. The second kappa shape index (κ2) is 6.45. The maximum Gasteiger partial charge on any atom is 0.0595 e. The van der Waals surface area contributed by atoms with Crippen LogP contribution in [0.5, 0.6) is 0 Å². The predicted molar refractivity (Wildman–Crippen MR) is 88.4 cm³/mol. The molecule has 1 aromatic carbocycles. The van der Waals surface area contributed by atoms with E-state index >= 15 is 0 Å². The molecular weight excluding hydrogens is 305 g/mol. The molecule has 2 nitrogen and oxygen atoms in total. The molecule has 2 heterocycles. The number of rotatable bonds is 4. The second-order valence-corrected chi connectivity index (χ2v) is 7.12. The van der Waals surface area contributed by atoms with E-state index in [4.69, 9.17) is 27.9 Å². The number of nitrogens with zero attached hydrogens (tertiary/aromatic N) is 1. The minimum Gasteiger partial charge on any atom is -0.381 e. The van der Waals surface area contributed by atoms with Crippen LogP contribution in [0, 0.1) is 5.92 Å². The predicted octanol–water partition coefficient (Wildman–Crippen LogP) is 4.60. The zero-order valence-corrected chi connectivity index (χ0v) is 14.2. The highest BCUT2D eigenvalue weighted by molar-refractivity contribution is 6.42. The van der Waals surface area contributed by atoms with Crippen LogP contribution in [0.4, 0.5) is 0 Å². The summed E-state index contributed by atoms with van der Waals surface area (Å²) in [6, 6.07) is 7.46. The van der Waals surface area contributed by atoms with Crippen molar-refractivity contribution in [3.63, 3.8) is 0 Å². The molecule has 2 fully saturated rings. The molecule has 0 aliphatic carbocycles. The van der Waals surface area contributed by atoms with E-state index in [-0.39, 0.29) is 0 Å². The number of hydrogen-bond donors (Lipinski definition) is 0. The van der Waals surface area contributed by atoms with Gasteiger partial charge < -0.3 is 9.64 Å². The molecule has 0 spiro atoms. The van der Waals surface area contributed by atoms with Crippen LogP contribution in [0.1, 0.15) is 37.7 Å². The SMILES string of the molecule is CCOCC1C2CCC(C[C@@H]1c1ccc(Cl)c(Cl)c1)N2C. The third kappa shape index (κ3) is 2.96. The number of hydrogen-bond acceptors (Lipinski definition) is 2. The first-order chi connectivity index (χ1) is 10.1. The van der Waals surface area contributed by atoms with E-state index in [0.29, 0.717) is 34.0 Å². The Bertz CT molecular complexity index is 508. The van der Waals surface area contributed by atoms with Crippen molar-refractivity contribution in [1.82, 2.24) is 4.90 Å². The first-order valence-electron chi connectivity index (χ1n) is 7.86. The Kier molecular flexibility index (Phi) is 4.80. The number of piperidine rings is 1. The molecule has 1 aromatic rings. The maximum atomic E-state index is 6.23. The average molecular weight is 328 g/mol. The number of fused-ring (bicyclic) bond motifs is 2. The average Bonchev–Trinajstić information content (AvgIpc) is 2.72. The van der Waals surface area contributed by atoms with E-state index in [9.17, 15) is 0 Å². The Morgan fingerprint density at radius 2 is 2.05 bits per heavy atom. The molecule has 2 aliphatic heterocycles. The Labute approximate surface area is 137 Å². The van der Waals surface area contributed by atoms with Gasteiger partial charge in [0.2, 0.25) is 0 Å². The molecule has 4 atom stereocenters. The van der Waals surface area contributed by atoms with Gasteiger partial charge >= 0.3 is 0 Å². The monoisotopic (exact) mass is 327 g/mol. The van der Waals surface area contributed by atoms with Crippen LogP contribution >= 0.6 is 23.2 Å². The van der Waals surface area contributed by atoms with E-state index in [1.165, 1.54) is 24.8 Å². The summed E-state index contributed by atoms with van der Waals surface area (Å²) in [7, 11) is 2.27. The quantitative estimate of drug-likeness (QED) is 0.801. The second-order valence-electron chi connectivity index (χ2n) is 6.30. The Balaban J connectivity index is 1.88. The molecule has 2 aliphatic rings. The number of ether oxygens (including phenoxy) is 1. The highest BCUT2D eigenvalue weighted by Crippen LogP contribution is 2.46. The Hall–Kier alpha value is -0.280. The van der Waals surface area contributed by atoms with Gasteiger partial charge in [-0.3, -0.25) is 0 Å². The van der Waals surface area contributed by atoms with Gasteiger partial charge in [0.15, 0.2) is 0 Å². The molecule has 0 N–H and O–H groups in total. The van der Waals surface area contributed by atoms with Crippen molar-refractivity contribution in [3.05, 3.63) is 33.8 Å². The molecule has 21 heavy (non-hydrogen) atoms.